The molecule has 1 heterocycles. The highest BCUT2D eigenvalue weighted by molar-refractivity contribution is 9.10. The van der Waals surface area contributed by atoms with Gasteiger partial charge in [-0.1, -0.05) is 52.3 Å². The van der Waals surface area contributed by atoms with Crippen molar-refractivity contribution in [3.05, 3.63) is 88.2 Å². The lowest BCUT2D eigenvalue weighted by atomic mass is 10.0. The van der Waals surface area contributed by atoms with Crippen molar-refractivity contribution in [1.29, 1.82) is 0 Å². The van der Waals surface area contributed by atoms with E-state index in [1.54, 1.807) is 14.2 Å². The fraction of sp³-hybridized carbons (Fsp3) is 0.190. The number of methoxy groups -OCH3 is 2. The second-order valence-corrected chi connectivity index (χ2v) is 6.63. The van der Waals surface area contributed by atoms with Gasteiger partial charge in [0.15, 0.2) is 11.5 Å². The molecule has 26 heavy (non-hydrogen) atoms. The molecule has 0 fully saturated rings. The van der Waals surface area contributed by atoms with Gasteiger partial charge in [0.1, 0.15) is 0 Å². The van der Waals surface area contributed by atoms with Crippen LogP contribution in [0, 0.1) is 0 Å². The van der Waals surface area contributed by atoms with Crippen molar-refractivity contribution in [1.82, 2.24) is 10.3 Å². The molecule has 2 aromatic carbocycles. The molecule has 134 valence electrons. The predicted molar refractivity (Wildman–Crippen MR) is 107 cm³/mol. The monoisotopic (exact) mass is 412 g/mol. The average Bonchev–Trinajstić information content (AvgIpc) is 2.70. The van der Waals surface area contributed by atoms with E-state index in [9.17, 15) is 0 Å². The Balaban J connectivity index is 1.87. The summed E-state index contributed by atoms with van der Waals surface area (Å²) >= 11 is 3.62. The number of halogens is 1. The first-order chi connectivity index (χ1) is 12.7. The summed E-state index contributed by atoms with van der Waals surface area (Å²) in [6.45, 7) is 0.650. The van der Waals surface area contributed by atoms with E-state index in [4.69, 9.17) is 9.47 Å². The maximum atomic E-state index is 5.42. The molecule has 3 aromatic rings. The van der Waals surface area contributed by atoms with Gasteiger partial charge in [-0.25, -0.2) is 0 Å². The van der Waals surface area contributed by atoms with Gasteiger partial charge in [0, 0.05) is 17.2 Å². The van der Waals surface area contributed by atoms with E-state index in [1.165, 1.54) is 5.56 Å². The molecule has 0 amide bonds. The third kappa shape index (κ3) is 4.23. The minimum absolute atomic E-state index is 0.00241. The van der Waals surface area contributed by atoms with Gasteiger partial charge in [0.05, 0.1) is 26.0 Å². The van der Waals surface area contributed by atoms with Crippen LogP contribution in [0.15, 0.2) is 71.3 Å². The first-order valence-electron chi connectivity index (χ1n) is 8.32. The highest BCUT2D eigenvalue weighted by Gasteiger charge is 2.16. The minimum atomic E-state index is -0.00241. The van der Waals surface area contributed by atoms with Crippen molar-refractivity contribution in [2.75, 3.05) is 14.2 Å². The third-order valence-corrected chi connectivity index (χ3v) is 4.90. The van der Waals surface area contributed by atoms with Crippen molar-refractivity contribution < 1.29 is 9.47 Å². The third-order valence-electron chi connectivity index (χ3n) is 4.17. The molecule has 1 unspecified atom stereocenters. The Kier molecular flexibility index (Phi) is 6.26. The van der Waals surface area contributed by atoms with Crippen molar-refractivity contribution >= 4 is 15.9 Å². The fourth-order valence-corrected chi connectivity index (χ4v) is 3.29. The molecule has 0 aliphatic carbocycles. The Labute approximate surface area is 162 Å². The van der Waals surface area contributed by atoms with Crippen LogP contribution in [0.2, 0.25) is 0 Å². The van der Waals surface area contributed by atoms with Crippen LogP contribution in [0.5, 0.6) is 11.5 Å². The summed E-state index contributed by atoms with van der Waals surface area (Å²) in [5.74, 6) is 1.41. The number of hydrogen-bond donors (Lipinski definition) is 1. The fourth-order valence-electron chi connectivity index (χ4n) is 2.83. The van der Waals surface area contributed by atoms with E-state index >= 15 is 0 Å². The molecule has 5 heteroatoms. The maximum Gasteiger partial charge on any atom is 0.161 e. The first kappa shape index (κ1) is 18.4. The molecular formula is C21H21BrN2O2. The van der Waals surface area contributed by atoms with E-state index < -0.39 is 0 Å². The maximum absolute atomic E-state index is 5.42. The van der Waals surface area contributed by atoms with Crippen LogP contribution in [0.4, 0.5) is 0 Å². The first-order valence-corrected chi connectivity index (χ1v) is 9.12. The lowest BCUT2D eigenvalue weighted by Crippen LogP contribution is -2.23. The molecule has 1 atom stereocenters. The zero-order valence-electron chi connectivity index (χ0n) is 14.8. The lowest BCUT2D eigenvalue weighted by molar-refractivity contribution is 0.354. The van der Waals surface area contributed by atoms with Crippen LogP contribution in [-0.4, -0.2) is 19.2 Å². The van der Waals surface area contributed by atoms with Crippen LogP contribution in [0.1, 0.15) is 22.9 Å². The number of pyridine rings is 1. The Morgan fingerprint density at radius 2 is 1.65 bits per heavy atom. The van der Waals surface area contributed by atoms with Gasteiger partial charge in [-0.2, -0.15) is 0 Å². The van der Waals surface area contributed by atoms with Crippen molar-refractivity contribution in [3.63, 3.8) is 0 Å². The van der Waals surface area contributed by atoms with Crippen LogP contribution in [-0.2, 0) is 6.54 Å². The second-order valence-electron chi connectivity index (χ2n) is 5.78. The largest absolute Gasteiger partial charge is 0.493 e. The molecule has 0 spiro atoms. The molecule has 4 nitrogen and oxygen atoms in total. The van der Waals surface area contributed by atoms with E-state index in [0.29, 0.717) is 18.0 Å². The SMILES string of the molecule is COc1cc(Br)c(CNC(c2ccccc2)c2ccccn2)cc1OC. The van der Waals surface area contributed by atoms with Crippen LogP contribution in [0.3, 0.4) is 0 Å². The van der Waals surface area contributed by atoms with E-state index in [0.717, 1.165) is 15.7 Å². The Morgan fingerprint density at radius 1 is 0.962 bits per heavy atom. The number of benzene rings is 2. The molecule has 0 radical (unpaired) electrons. The number of rotatable bonds is 7. The molecule has 3 rings (SSSR count). The molecular weight excluding hydrogens is 392 g/mol. The van der Waals surface area contributed by atoms with Gasteiger partial charge >= 0.3 is 0 Å². The van der Waals surface area contributed by atoms with E-state index in [-0.39, 0.29) is 6.04 Å². The lowest BCUT2D eigenvalue weighted by Gasteiger charge is -2.20. The van der Waals surface area contributed by atoms with Crippen LogP contribution >= 0.6 is 15.9 Å². The molecule has 0 saturated carbocycles. The summed E-state index contributed by atoms with van der Waals surface area (Å²) < 4.78 is 11.7. The highest BCUT2D eigenvalue weighted by Crippen LogP contribution is 2.33. The smallest absolute Gasteiger partial charge is 0.161 e. The normalized spacial score (nSPS) is 11.8. The summed E-state index contributed by atoms with van der Waals surface area (Å²) in [6, 6.07) is 20.2. The average molecular weight is 413 g/mol. The molecule has 0 saturated heterocycles. The highest BCUT2D eigenvalue weighted by atomic mass is 79.9. The van der Waals surface area contributed by atoms with Gasteiger partial charge < -0.3 is 14.8 Å². The van der Waals surface area contributed by atoms with Gasteiger partial charge in [-0.3, -0.25) is 4.98 Å². The van der Waals surface area contributed by atoms with E-state index in [2.05, 4.69) is 38.4 Å². The standard InChI is InChI=1S/C21H21BrN2O2/c1-25-19-12-16(17(22)13-20(19)26-2)14-24-21(15-8-4-3-5-9-15)18-10-6-7-11-23-18/h3-13,21,24H,14H2,1-2H3. The summed E-state index contributed by atoms with van der Waals surface area (Å²) in [7, 11) is 3.28. The minimum Gasteiger partial charge on any atom is -0.493 e. The summed E-state index contributed by atoms with van der Waals surface area (Å²) in [5, 5.41) is 3.61. The van der Waals surface area contributed by atoms with Gasteiger partial charge in [0.2, 0.25) is 0 Å². The molecule has 0 aliphatic heterocycles. The number of nitrogens with zero attached hydrogens (tertiary/aromatic N) is 1. The second kappa shape index (κ2) is 8.83. The van der Waals surface area contributed by atoms with Crippen LogP contribution < -0.4 is 14.8 Å². The quantitative estimate of drug-likeness (QED) is 0.608. The zero-order valence-corrected chi connectivity index (χ0v) is 16.4. The topological polar surface area (TPSA) is 43.4 Å². The summed E-state index contributed by atoms with van der Waals surface area (Å²) in [6.07, 6.45) is 1.82. The predicted octanol–water partition coefficient (Wildman–Crippen LogP) is 4.74. The zero-order chi connectivity index (χ0) is 18.4. The van der Waals surface area contributed by atoms with Gasteiger partial charge in [-0.05, 0) is 35.4 Å². The van der Waals surface area contributed by atoms with Gasteiger partial charge in [-0.15, -0.1) is 0 Å². The molecule has 0 aliphatic rings. The Hall–Kier alpha value is -2.37. The van der Waals surface area contributed by atoms with Crippen molar-refractivity contribution in [2.24, 2.45) is 0 Å². The Morgan fingerprint density at radius 3 is 2.31 bits per heavy atom. The number of nitrogens with one attached hydrogen (secondary N) is 1. The molecule has 1 aromatic heterocycles. The van der Waals surface area contributed by atoms with Crippen LogP contribution in [0.25, 0.3) is 0 Å². The Bertz CT molecular complexity index is 802. The molecule has 1 N–H and O–H groups in total. The number of aromatic nitrogens is 1. The summed E-state index contributed by atoms with van der Waals surface area (Å²) in [4.78, 5) is 4.53. The van der Waals surface area contributed by atoms with Crippen molar-refractivity contribution in [3.8, 4) is 11.5 Å². The number of hydrogen-bond acceptors (Lipinski definition) is 4. The summed E-state index contributed by atoms with van der Waals surface area (Å²) in [5.41, 5.74) is 3.23. The van der Waals surface area contributed by atoms with E-state index in [1.807, 2.05) is 54.7 Å². The number of ether oxygens (including phenoxy) is 2. The molecule has 0 bridgehead atoms. The van der Waals surface area contributed by atoms with Gasteiger partial charge in [0.25, 0.3) is 0 Å². The van der Waals surface area contributed by atoms with Crippen molar-refractivity contribution in [2.45, 2.75) is 12.6 Å².